The molecule has 0 aliphatic carbocycles. The summed E-state index contributed by atoms with van der Waals surface area (Å²) in [5.41, 5.74) is 2.12. The van der Waals surface area contributed by atoms with Crippen molar-refractivity contribution >= 4 is 39.3 Å². The van der Waals surface area contributed by atoms with Gasteiger partial charge in [0.1, 0.15) is 23.3 Å². The second kappa shape index (κ2) is 10.4. The van der Waals surface area contributed by atoms with Crippen molar-refractivity contribution in [1.29, 1.82) is 0 Å². The number of benzene rings is 2. The number of nitrogens with zero attached hydrogens (tertiary/aromatic N) is 2. The molecule has 0 bridgehead atoms. The lowest BCUT2D eigenvalue weighted by Gasteiger charge is -2.25. The van der Waals surface area contributed by atoms with E-state index in [9.17, 15) is 9.59 Å². The zero-order valence-corrected chi connectivity index (χ0v) is 22.8. The van der Waals surface area contributed by atoms with E-state index in [1.807, 2.05) is 54.6 Å². The van der Waals surface area contributed by atoms with Crippen molar-refractivity contribution in [3.63, 3.8) is 0 Å². The molecule has 0 unspecified atom stereocenters. The lowest BCUT2D eigenvalue weighted by Crippen LogP contribution is -2.40. The van der Waals surface area contributed by atoms with Gasteiger partial charge in [0.2, 0.25) is 0 Å². The molecule has 0 spiro atoms. The van der Waals surface area contributed by atoms with Crippen LogP contribution in [0.4, 0.5) is 0 Å². The molecule has 0 saturated heterocycles. The Labute approximate surface area is 225 Å². The fourth-order valence-corrected chi connectivity index (χ4v) is 5.60. The van der Waals surface area contributed by atoms with Crippen molar-refractivity contribution in [1.82, 2.24) is 4.57 Å². The molecule has 1 atom stereocenters. The van der Waals surface area contributed by atoms with Gasteiger partial charge in [0, 0.05) is 21.7 Å². The first kappa shape index (κ1) is 25.0. The predicted octanol–water partition coefficient (Wildman–Crippen LogP) is 4.83. The van der Waals surface area contributed by atoms with E-state index in [1.165, 1.54) is 15.9 Å². The van der Waals surface area contributed by atoms with Crippen LogP contribution in [-0.4, -0.2) is 24.3 Å². The zero-order valence-electron chi connectivity index (χ0n) is 20.4. The molecule has 188 valence electrons. The molecular weight excluding hydrogens is 556 g/mol. The molecule has 0 amide bonds. The molecule has 0 radical (unpaired) electrons. The van der Waals surface area contributed by atoms with Crippen LogP contribution in [0.25, 0.3) is 17.4 Å². The minimum atomic E-state index is -0.747. The minimum Gasteiger partial charge on any atom is -0.496 e. The number of carbonyl (C=O) groups excluding carboxylic acids is 1. The molecular formula is C28H23BrN2O5S. The third kappa shape index (κ3) is 4.72. The van der Waals surface area contributed by atoms with Crippen LogP contribution in [0.2, 0.25) is 0 Å². The molecule has 2 aromatic heterocycles. The van der Waals surface area contributed by atoms with E-state index in [4.69, 9.17) is 13.9 Å². The van der Waals surface area contributed by atoms with E-state index in [0.29, 0.717) is 43.4 Å². The van der Waals surface area contributed by atoms with Crippen molar-refractivity contribution in [2.45, 2.75) is 19.9 Å². The number of aromatic nitrogens is 1. The molecule has 0 N–H and O–H groups in total. The van der Waals surface area contributed by atoms with Crippen LogP contribution in [0.3, 0.4) is 0 Å². The third-order valence-corrected chi connectivity index (χ3v) is 7.49. The Bertz CT molecular complexity index is 1700. The number of halogens is 1. The summed E-state index contributed by atoms with van der Waals surface area (Å²) in [6.45, 7) is 3.70. The Kier molecular flexibility index (Phi) is 6.99. The van der Waals surface area contributed by atoms with Crippen LogP contribution in [-0.2, 0) is 9.53 Å². The molecule has 5 rings (SSSR count). The standard InChI is InChI=1S/C28H23BrN2O5S/c1-4-35-27(33)24-16(2)30-28-31(25(24)20-7-5-6-8-22(20)34-3)26(32)23(37-28)15-19-13-14-21(36-19)17-9-11-18(29)12-10-17/h5-15,25H,4H2,1-3H3/b23-15+/t25-/m1/s1. The third-order valence-electron chi connectivity index (χ3n) is 5.98. The average molecular weight is 579 g/mol. The molecule has 4 aromatic rings. The van der Waals surface area contributed by atoms with Crippen molar-refractivity contribution in [2.75, 3.05) is 13.7 Å². The van der Waals surface area contributed by atoms with E-state index in [0.717, 1.165) is 10.0 Å². The normalized spacial score (nSPS) is 15.4. The smallest absolute Gasteiger partial charge is 0.338 e. The number of para-hydroxylation sites is 1. The van der Waals surface area contributed by atoms with E-state index >= 15 is 0 Å². The van der Waals surface area contributed by atoms with Gasteiger partial charge >= 0.3 is 5.97 Å². The van der Waals surface area contributed by atoms with Crippen molar-refractivity contribution in [3.05, 3.63) is 107 Å². The number of rotatable bonds is 6. The Morgan fingerprint density at radius 2 is 1.92 bits per heavy atom. The van der Waals surface area contributed by atoms with Crippen LogP contribution in [0, 0.1) is 0 Å². The number of fused-ring (bicyclic) bond motifs is 1. The number of thiazole rings is 1. The van der Waals surface area contributed by atoms with Gasteiger partial charge in [0.05, 0.1) is 29.5 Å². The fourth-order valence-electron chi connectivity index (χ4n) is 4.31. The van der Waals surface area contributed by atoms with Gasteiger partial charge in [0.25, 0.3) is 5.56 Å². The maximum atomic E-state index is 13.8. The highest BCUT2D eigenvalue weighted by Crippen LogP contribution is 2.35. The Balaban J connectivity index is 1.66. The molecule has 2 aromatic carbocycles. The van der Waals surface area contributed by atoms with Gasteiger partial charge in [-0.15, -0.1) is 0 Å². The highest BCUT2D eigenvalue weighted by molar-refractivity contribution is 9.10. The van der Waals surface area contributed by atoms with Crippen LogP contribution in [0.1, 0.15) is 31.2 Å². The number of ether oxygens (including phenoxy) is 2. The lowest BCUT2D eigenvalue weighted by molar-refractivity contribution is -0.139. The van der Waals surface area contributed by atoms with Gasteiger partial charge in [-0.3, -0.25) is 9.36 Å². The number of allylic oxidation sites excluding steroid dienone is 1. The summed E-state index contributed by atoms with van der Waals surface area (Å²) in [5, 5.41) is 0. The van der Waals surface area contributed by atoms with Gasteiger partial charge < -0.3 is 13.9 Å². The number of furan rings is 1. The van der Waals surface area contributed by atoms with Crippen LogP contribution >= 0.6 is 27.3 Å². The van der Waals surface area contributed by atoms with Crippen LogP contribution in [0.5, 0.6) is 5.75 Å². The van der Waals surface area contributed by atoms with Gasteiger partial charge in [-0.1, -0.05) is 57.6 Å². The van der Waals surface area contributed by atoms with Crippen molar-refractivity contribution < 1.29 is 18.7 Å². The van der Waals surface area contributed by atoms with E-state index in [-0.39, 0.29) is 12.2 Å². The van der Waals surface area contributed by atoms with E-state index < -0.39 is 12.0 Å². The maximum Gasteiger partial charge on any atom is 0.338 e. The van der Waals surface area contributed by atoms with Gasteiger partial charge in [-0.25, -0.2) is 9.79 Å². The summed E-state index contributed by atoms with van der Waals surface area (Å²) < 4.78 is 19.9. The molecule has 1 aliphatic heterocycles. The van der Waals surface area contributed by atoms with Crippen molar-refractivity contribution in [3.8, 4) is 17.1 Å². The number of carbonyl (C=O) groups is 1. The monoisotopic (exact) mass is 578 g/mol. The average Bonchev–Trinajstić information content (AvgIpc) is 3.48. The summed E-state index contributed by atoms with van der Waals surface area (Å²) in [4.78, 5) is 31.9. The summed E-state index contributed by atoms with van der Waals surface area (Å²) >= 11 is 4.68. The van der Waals surface area contributed by atoms with Gasteiger partial charge in [-0.2, -0.15) is 0 Å². The van der Waals surface area contributed by atoms with E-state index in [1.54, 1.807) is 33.1 Å². The summed E-state index contributed by atoms with van der Waals surface area (Å²) in [6.07, 6.45) is 1.70. The first-order chi connectivity index (χ1) is 17.9. The van der Waals surface area contributed by atoms with Gasteiger partial charge in [0.15, 0.2) is 4.80 Å². The Morgan fingerprint density at radius 1 is 1.16 bits per heavy atom. The lowest BCUT2D eigenvalue weighted by atomic mass is 9.95. The SMILES string of the molecule is CCOC(=O)C1=C(C)N=c2s/c(=C/c3ccc(-c4ccc(Br)cc4)o3)c(=O)n2[C@@H]1c1ccccc1OC. The number of hydrogen-bond donors (Lipinski definition) is 0. The first-order valence-electron chi connectivity index (χ1n) is 11.6. The molecule has 9 heteroatoms. The van der Waals surface area contributed by atoms with Crippen LogP contribution < -0.4 is 19.6 Å². The zero-order chi connectivity index (χ0) is 26.1. The highest BCUT2D eigenvalue weighted by Gasteiger charge is 2.34. The van der Waals surface area contributed by atoms with Gasteiger partial charge in [-0.05, 0) is 44.2 Å². The predicted molar refractivity (Wildman–Crippen MR) is 145 cm³/mol. The molecule has 0 saturated carbocycles. The molecule has 3 heterocycles. The largest absolute Gasteiger partial charge is 0.496 e. The topological polar surface area (TPSA) is 83.0 Å². The molecule has 37 heavy (non-hydrogen) atoms. The summed E-state index contributed by atoms with van der Waals surface area (Å²) in [7, 11) is 1.56. The molecule has 7 nitrogen and oxygen atoms in total. The minimum absolute atomic E-state index is 0.206. The number of esters is 1. The second-order valence-electron chi connectivity index (χ2n) is 8.25. The molecule has 0 fully saturated rings. The summed E-state index contributed by atoms with van der Waals surface area (Å²) in [5.74, 6) is 1.28. The van der Waals surface area contributed by atoms with E-state index in [2.05, 4.69) is 20.9 Å². The highest BCUT2D eigenvalue weighted by atomic mass is 79.9. The fraction of sp³-hybridized carbons (Fsp3) is 0.179. The number of hydrogen-bond acceptors (Lipinski definition) is 7. The quantitative estimate of drug-likeness (QED) is 0.306. The Morgan fingerprint density at radius 3 is 2.65 bits per heavy atom. The number of methoxy groups -OCH3 is 1. The Hall–Kier alpha value is -3.69. The second-order valence-corrected chi connectivity index (χ2v) is 10.2. The first-order valence-corrected chi connectivity index (χ1v) is 13.2. The van der Waals surface area contributed by atoms with Crippen molar-refractivity contribution in [2.24, 2.45) is 4.99 Å². The maximum absolute atomic E-state index is 13.8. The molecule has 1 aliphatic rings. The summed E-state index contributed by atoms with van der Waals surface area (Å²) in [6, 6.07) is 18.1. The van der Waals surface area contributed by atoms with Crippen LogP contribution in [0.15, 0.2) is 90.6 Å².